The molecule has 1 aromatic carbocycles. The molecule has 1 fully saturated rings. The highest BCUT2D eigenvalue weighted by molar-refractivity contribution is 7.18. The molecular formula is C19H19Cl2NO4S. The zero-order valence-corrected chi connectivity index (χ0v) is 17.0. The Morgan fingerprint density at radius 3 is 2.70 bits per heavy atom. The van der Waals surface area contributed by atoms with E-state index < -0.39 is 11.6 Å². The Morgan fingerprint density at radius 1 is 1.33 bits per heavy atom. The minimum Gasteiger partial charge on any atom is -0.464 e. The van der Waals surface area contributed by atoms with Gasteiger partial charge in [-0.05, 0) is 41.5 Å². The number of rotatable bonds is 4. The molecule has 1 aliphatic heterocycles. The van der Waals surface area contributed by atoms with E-state index in [0.717, 1.165) is 10.1 Å². The van der Waals surface area contributed by atoms with Gasteiger partial charge in [-0.2, -0.15) is 0 Å². The highest BCUT2D eigenvalue weighted by Gasteiger charge is 2.41. The first-order chi connectivity index (χ1) is 12.9. The van der Waals surface area contributed by atoms with E-state index in [1.807, 2.05) is 17.5 Å². The number of hydrogen-bond acceptors (Lipinski definition) is 5. The maximum atomic E-state index is 12.5. The quantitative estimate of drug-likeness (QED) is 0.587. The number of likely N-dealkylation sites (tertiary alicyclic amines) is 1. The van der Waals surface area contributed by atoms with Crippen molar-refractivity contribution in [2.45, 2.75) is 25.4 Å². The van der Waals surface area contributed by atoms with E-state index in [4.69, 9.17) is 27.9 Å². The standard InChI is InChI=1S/C19H19Cl2NO4S/c1-2-26-18(24)19(25)6-8-22(9-7-19)14(23)4-3-12-11-13-5-10-27-17(13)16(21)15(12)20/h3-5,10-11,25H,2,6-9H2,1H3/b4-3+. The fourth-order valence-electron chi connectivity index (χ4n) is 3.02. The Kier molecular flexibility index (Phi) is 6.11. The lowest BCUT2D eigenvalue weighted by atomic mass is 9.91. The van der Waals surface area contributed by atoms with Crippen molar-refractivity contribution in [3.05, 3.63) is 39.2 Å². The molecule has 0 bridgehead atoms. The summed E-state index contributed by atoms with van der Waals surface area (Å²) in [6, 6.07) is 3.84. The molecule has 0 atom stereocenters. The Morgan fingerprint density at radius 2 is 2.04 bits per heavy atom. The minimum absolute atomic E-state index is 0.152. The van der Waals surface area contributed by atoms with Crippen LogP contribution < -0.4 is 0 Å². The number of thiophene rings is 1. The molecular weight excluding hydrogens is 409 g/mol. The monoisotopic (exact) mass is 427 g/mol. The van der Waals surface area contributed by atoms with E-state index in [1.165, 1.54) is 17.4 Å². The number of aliphatic hydroxyl groups is 1. The molecule has 2 aromatic rings. The lowest BCUT2D eigenvalue weighted by Crippen LogP contribution is -2.51. The van der Waals surface area contributed by atoms with E-state index in [1.54, 1.807) is 17.9 Å². The number of hydrogen-bond donors (Lipinski definition) is 1. The van der Waals surface area contributed by atoms with Crippen molar-refractivity contribution >= 4 is 62.6 Å². The van der Waals surface area contributed by atoms with Gasteiger partial charge in [0, 0.05) is 32.0 Å². The summed E-state index contributed by atoms with van der Waals surface area (Å²) in [5, 5.41) is 14.2. The van der Waals surface area contributed by atoms with Crippen LogP contribution in [-0.4, -0.2) is 47.2 Å². The van der Waals surface area contributed by atoms with Crippen LogP contribution >= 0.6 is 34.5 Å². The Hall–Kier alpha value is -1.60. The Labute approximate surface area is 171 Å². The second-order valence-electron chi connectivity index (χ2n) is 6.34. The predicted octanol–water partition coefficient (Wildman–Crippen LogP) is 4.14. The average Bonchev–Trinajstić information content (AvgIpc) is 3.12. The van der Waals surface area contributed by atoms with Gasteiger partial charge in [-0.15, -0.1) is 11.3 Å². The van der Waals surface area contributed by atoms with Gasteiger partial charge in [-0.25, -0.2) is 4.79 Å². The number of amides is 1. The largest absolute Gasteiger partial charge is 0.464 e. The van der Waals surface area contributed by atoms with Crippen molar-refractivity contribution < 1.29 is 19.4 Å². The van der Waals surface area contributed by atoms with Gasteiger partial charge in [0.05, 0.1) is 21.4 Å². The van der Waals surface area contributed by atoms with Gasteiger partial charge in [0.25, 0.3) is 0 Å². The molecule has 1 aliphatic rings. The van der Waals surface area contributed by atoms with Crippen molar-refractivity contribution in [2.24, 2.45) is 0 Å². The van der Waals surface area contributed by atoms with Gasteiger partial charge in [-0.1, -0.05) is 23.2 Å². The first-order valence-corrected chi connectivity index (χ1v) is 10.2. The molecule has 0 spiro atoms. The summed E-state index contributed by atoms with van der Waals surface area (Å²) in [5.41, 5.74) is -0.849. The lowest BCUT2D eigenvalue weighted by Gasteiger charge is -2.35. The molecule has 0 aliphatic carbocycles. The maximum absolute atomic E-state index is 12.5. The van der Waals surface area contributed by atoms with Gasteiger partial charge in [0.2, 0.25) is 5.91 Å². The minimum atomic E-state index is -1.52. The molecule has 5 nitrogen and oxygen atoms in total. The molecule has 1 N–H and O–H groups in total. The highest BCUT2D eigenvalue weighted by Crippen LogP contribution is 2.37. The van der Waals surface area contributed by atoms with E-state index in [-0.39, 0.29) is 38.4 Å². The van der Waals surface area contributed by atoms with Crippen LogP contribution in [0.5, 0.6) is 0 Å². The van der Waals surface area contributed by atoms with E-state index >= 15 is 0 Å². The SMILES string of the molecule is CCOC(=O)C1(O)CCN(C(=O)/C=C/c2cc3ccsc3c(Cl)c2Cl)CC1. The van der Waals surface area contributed by atoms with Crippen LogP contribution in [0.25, 0.3) is 16.2 Å². The third-order valence-corrected chi connectivity index (χ3v) is 6.56. The van der Waals surface area contributed by atoms with Crippen LogP contribution in [0.2, 0.25) is 10.0 Å². The van der Waals surface area contributed by atoms with Crippen LogP contribution in [0.3, 0.4) is 0 Å². The molecule has 0 unspecified atom stereocenters. The third kappa shape index (κ3) is 4.14. The summed E-state index contributed by atoms with van der Waals surface area (Å²) in [7, 11) is 0. The average molecular weight is 428 g/mol. The van der Waals surface area contributed by atoms with Crippen LogP contribution in [0, 0.1) is 0 Å². The molecule has 1 saturated heterocycles. The number of carbonyl (C=O) groups is 2. The third-order valence-electron chi connectivity index (χ3n) is 4.62. The number of esters is 1. The van der Waals surface area contributed by atoms with Crippen molar-refractivity contribution in [3.8, 4) is 0 Å². The summed E-state index contributed by atoms with van der Waals surface area (Å²) in [6.45, 7) is 2.45. The first kappa shape index (κ1) is 20.1. The Bertz CT molecular complexity index is 900. The number of ether oxygens (including phenoxy) is 1. The lowest BCUT2D eigenvalue weighted by molar-refractivity contribution is -0.171. The summed E-state index contributed by atoms with van der Waals surface area (Å²) in [5.74, 6) is -0.836. The molecule has 1 aromatic heterocycles. The van der Waals surface area contributed by atoms with Crippen LogP contribution in [0.15, 0.2) is 23.6 Å². The number of nitrogens with zero attached hydrogens (tertiary/aromatic N) is 1. The van der Waals surface area contributed by atoms with Crippen LogP contribution in [-0.2, 0) is 14.3 Å². The topological polar surface area (TPSA) is 66.8 Å². The summed E-state index contributed by atoms with van der Waals surface area (Å²) < 4.78 is 5.82. The van der Waals surface area contributed by atoms with Crippen molar-refractivity contribution in [2.75, 3.05) is 19.7 Å². The van der Waals surface area contributed by atoms with Crippen LogP contribution in [0.4, 0.5) is 0 Å². The number of piperidine rings is 1. The zero-order valence-electron chi connectivity index (χ0n) is 14.7. The van der Waals surface area contributed by atoms with Gasteiger partial charge >= 0.3 is 5.97 Å². The number of halogens is 2. The molecule has 3 rings (SSSR count). The summed E-state index contributed by atoms with van der Waals surface area (Å²) >= 11 is 14.1. The highest BCUT2D eigenvalue weighted by atomic mass is 35.5. The Balaban J connectivity index is 1.68. The molecule has 27 heavy (non-hydrogen) atoms. The molecule has 0 radical (unpaired) electrons. The fraction of sp³-hybridized carbons (Fsp3) is 0.368. The molecule has 8 heteroatoms. The van der Waals surface area contributed by atoms with E-state index in [9.17, 15) is 14.7 Å². The van der Waals surface area contributed by atoms with Gasteiger partial charge in [-0.3, -0.25) is 4.79 Å². The van der Waals surface area contributed by atoms with Crippen LogP contribution in [0.1, 0.15) is 25.3 Å². The van der Waals surface area contributed by atoms with Crippen molar-refractivity contribution in [1.29, 1.82) is 0 Å². The van der Waals surface area contributed by atoms with Gasteiger partial charge in [0.15, 0.2) is 5.60 Å². The van der Waals surface area contributed by atoms with Crippen molar-refractivity contribution in [1.82, 2.24) is 4.90 Å². The summed E-state index contributed by atoms with van der Waals surface area (Å²) in [4.78, 5) is 25.9. The second kappa shape index (κ2) is 8.19. The molecule has 1 amide bonds. The van der Waals surface area contributed by atoms with Crippen molar-refractivity contribution in [3.63, 3.8) is 0 Å². The number of fused-ring (bicyclic) bond motifs is 1. The van der Waals surface area contributed by atoms with E-state index in [0.29, 0.717) is 15.6 Å². The smallest absolute Gasteiger partial charge is 0.338 e. The van der Waals surface area contributed by atoms with E-state index in [2.05, 4.69) is 0 Å². The predicted molar refractivity (Wildman–Crippen MR) is 108 cm³/mol. The molecule has 0 saturated carbocycles. The number of carbonyl (C=O) groups excluding carboxylic acids is 2. The first-order valence-electron chi connectivity index (χ1n) is 8.57. The maximum Gasteiger partial charge on any atom is 0.338 e. The normalized spacial score (nSPS) is 16.8. The fourth-order valence-corrected chi connectivity index (χ4v) is 4.46. The second-order valence-corrected chi connectivity index (χ2v) is 8.02. The zero-order chi connectivity index (χ0) is 19.6. The molecule has 2 heterocycles. The molecule has 144 valence electrons. The van der Waals surface area contributed by atoms with Gasteiger partial charge < -0.3 is 14.7 Å². The summed E-state index contributed by atoms with van der Waals surface area (Å²) in [6.07, 6.45) is 3.38. The van der Waals surface area contributed by atoms with Gasteiger partial charge in [0.1, 0.15) is 0 Å². The number of benzene rings is 1.